The zero-order valence-corrected chi connectivity index (χ0v) is 3.72. The lowest BCUT2D eigenvalue weighted by atomic mass is 11.0. The Morgan fingerprint density at radius 2 is 2.17 bits per heavy atom. The van der Waals surface area contributed by atoms with E-state index in [2.05, 4.69) is 0 Å². The Labute approximate surface area is 36.7 Å². The molecule has 0 aromatic rings. The minimum atomic E-state index is 0.861. The molecule has 3 nitrogen and oxygen atoms in total. The van der Waals surface area contributed by atoms with E-state index in [1.165, 1.54) is 7.05 Å². The SMILES string of the molecule is CN([O-])N1CC1. The van der Waals surface area contributed by atoms with Crippen LogP contribution in [0, 0.1) is 5.21 Å². The number of hydroxylamine groups is 1. The molecular formula is C3H7N2O-. The van der Waals surface area contributed by atoms with E-state index in [1.54, 1.807) is 5.01 Å². The predicted octanol–water partition coefficient (Wildman–Crippen LogP) is -0.353. The lowest BCUT2D eigenvalue weighted by Crippen LogP contribution is -2.15. The Morgan fingerprint density at radius 1 is 1.67 bits per heavy atom. The Balaban J connectivity index is 2.13. The van der Waals surface area contributed by atoms with Crippen LogP contribution in [0.5, 0.6) is 0 Å². The summed E-state index contributed by atoms with van der Waals surface area (Å²) in [5.41, 5.74) is 0. The van der Waals surface area contributed by atoms with E-state index in [9.17, 15) is 5.21 Å². The summed E-state index contributed by atoms with van der Waals surface area (Å²) in [5, 5.41) is 12.6. The summed E-state index contributed by atoms with van der Waals surface area (Å²) in [6.45, 7) is 1.89. The van der Waals surface area contributed by atoms with Gasteiger partial charge in [-0.15, -0.1) is 0 Å². The number of nitrogens with zero attached hydrogens (tertiary/aromatic N) is 2. The molecule has 1 heterocycles. The van der Waals surface area contributed by atoms with Crippen LogP contribution in [-0.4, -0.2) is 30.3 Å². The van der Waals surface area contributed by atoms with Gasteiger partial charge in [-0.1, -0.05) is 0 Å². The smallest absolute Gasteiger partial charge is 0.0265 e. The highest BCUT2D eigenvalue weighted by Crippen LogP contribution is 2.03. The summed E-state index contributed by atoms with van der Waals surface area (Å²) < 4.78 is 0. The highest BCUT2D eigenvalue weighted by Gasteiger charge is 2.14. The van der Waals surface area contributed by atoms with Crippen LogP contribution in [0.15, 0.2) is 0 Å². The van der Waals surface area contributed by atoms with Gasteiger partial charge in [0.25, 0.3) is 0 Å². The van der Waals surface area contributed by atoms with Crippen LogP contribution in [0.25, 0.3) is 0 Å². The first-order chi connectivity index (χ1) is 2.80. The van der Waals surface area contributed by atoms with Crippen LogP contribution in [-0.2, 0) is 0 Å². The summed E-state index contributed by atoms with van der Waals surface area (Å²) in [7, 11) is 1.51. The predicted molar refractivity (Wildman–Crippen MR) is 22.7 cm³/mol. The van der Waals surface area contributed by atoms with Crippen molar-refractivity contribution in [1.82, 2.24) is 10.2 Å². The lowest BCUT2D eigenvalue weighted by Gasteiger charge is -2.21. The van der Waals surface area contributed by atoms with Crippen LogP contribution >= 0.6 is 0 Å². The van der Waals surface area contributed by atoms with Gasteiger partial charge in [0.05, 0.1) is 0 Å². The molecule has 1 rings (SSSR count). The molecule has 1 aliphatic heterocycles. The van der Waals surface area contributed by atoms with Gasteiger partial charge >= 0.3 is 0 Å². The third-order valence-corrected chi connectivity index (χ3v) is 0.822. The van der Waals surface area contributed by atoms with Crippen molar-refractivity contribution in [3.63, 3.8) is 0 Å². The second-order valence-corrected chi connectivity index (χ2v) is 1.42. The standard InChI is InChI=1S/C3H7N2O/c1-4(6)5-2-3-5/h2-3H2,1H3/q-1. The quantitative estimate of drug-likeness (QED) is 0.323. The Morgan fingerprint density at radius 3 is 2.17 bits per heavy atom. The molecule has 0 atom stereocenters. The maximum Gasteiger partial charge on any atom is 0.0265 e. The molecule has 1 saturated heterocycles. The fourth-order valence-corrected chi connectivity index (χ4v) is 0.326. The first-order valence-electron chi connectivity index (χ1n) is 1.96. The van der Waals surface area contributed by atoms with Crippen LogP contribution in [0.1, 0.15) is 0 Å². The summed E-state index contributed by atoms with van der Waals surface area (Å²) >= 11 is 0. The largest absolute Gasteiger partial charge is 0.772 e. The van der Waals surface area contributed by atoms with Crippen molar-refractivity contribution in [1.29, 1.82) is 0 Å². The highest BCUT2D eigenvalue weighted by molar-refractivity contribution is 4.67. The monoisotopic (exact) mass is 87.1 g/mol. The molecule has 0 aromatic heterocycles. The van der Waals surface area contributed by atoms with Gasteiger partial charge in [0.1, 0.15) is 0 Å². The van der Waals surface area contributed by atoms with Crippen molar-refractivity contribution in [3.8, 4) is 0 Å². The molecule has 3 heteroatoms. The normalized spacial score (nSPS) is 22.5. The molecule has 0 N–H and O–H groups in total. The molecular weight excluding hydrogens is 80.0 g/mol. The summed E-state index contributed by atoms with van der Waals surface area (Å²) in [6, 6.07) is 0. The number of hydrogen-bond donors (Lipinski definition) is 0. The van der Waals surface area contributed by atoms with Crippen molar-refractivity contribution in [3.05, 3.63) is 5.21 Å². The van der Waals surface area contributed by atoms with Crippen molar-refractivity contribution in [2.45, 2.75) is 0 Å². The molecule has 1 fully saturated rings. The fraction of sp³-hybridized carbons (Fsp3) is 1.00. The van der Waals surface area contributed by atoms with Gasteiger partial charge < -0.3 is 10.4 Å². The van der Waals surface area contributed by atoms with Crippen molar-refractivity contribution in [2.24, 2.45) is 0 Å². The van der Waals surface area contributed by atoms with Crippen LogP contribution in [0.3, 0.4) is 0 Å². The van der Waals surface area contributed by atoms with Gasteiger partial charge in [-0.05, 0) is 7.05 Å². The molecule has 0 bridgehead atoms. The molecule has 0 unspecified atom stereocenters. The minimum Gasteiger partial charge on any atom is -0.772 e. The van der Waals surface area contributed by atoms with E-state index < -0.39 is 0 Å². The van der Waals surface area contributed by atoms with E-state index in [1.807, 2.05) is 0 Å². The molecule has 0 spiro atoms. The van der Waals surface area contributed by atoms with Crippen LogP contribution in [0.2, 0.25) is 0 Å². The fourth-order valence-electron chi connectivity index (χ4n) is 0.326. The zero-order chi connectivity index (χ0) is 4.57. The van der Waals surface area contributed by atoms with Crippen molar-refractivity contribution < 1.29 is 0 Å². The molecule has 0 radical (unpaired) electrons. The van der Waals surface area contributed by atoms with Crippen molar-refractivity contribution >= 4 is 0 Å². The number of hydrazine groups is 1. The highest BCUT2D eigenvalue weighted by atomic mass is 16.6. The molecule has 0 amide bonds. The Kier molecular flexibility index (Phi) is 0.799. The van der Waals surface area contributed by atoms with Gasteiger partial charge in [-0.3, -0.25) is 5.01 Å². The second kappa shape index (κ2) is 1.18. The average molecular weight is 87.1 g/mol. The maximum absolute atomic E-state index is 10.0. The van der Waals surface area contributed by atoms with E-state index in [0.717, 1.165) is 18.3 Å². The molecule has 0 saturated carbocycles. The van der Waals surface area contributed by atoms with Gasteiger partial charge in [0, 0.05) is 13.1 Å². The molecule has 1 aliphatic rings. The Bertz CT molecular complexity index is 50.8. The number of rotatable bonds is 1. The van der Waals surface area contributed by atoms with E-state index in [-0.39, 0.29) is 0 Å². The van der Waals surface area contributed by atoms with Crippen LogP contribution < -0.4 is 0 Å². The molecule has 36 valence electrons. The topological polar surface area (TPSA) is 29.3 Å². The second-order valence-electron chi connectivity index (χ2n) is 1.42. The van der Waals surface area contributed by atoms with E-state index in [0.29, 0.717) is 0 Å². The molecule has 0 aliphatic carbocycles. The summed E-state index contributed by atoms with van der Waals surface area (Å²) in [6.07, 6.45) is 0. The minimum absolute atomic E-state index is 0.861. The maximum atomic E-state index is 10.0. The first-order valence-corrected chi connectivity index (χ1v) is 1.96. The van der Waals surface area contributed by atoms with Crippen LogP contribution in [0.4, 0.5) is 0 Å². The van der Waals surface area contributed by atoms with Gasteiger partial charge in [0.15, 0.2) is 0 Å². The van der Waals surface area contributed by atoms with Gasteiger partial charge in [-0.2, -0.15) is 0 Å². The summed E-state index contributed by atoms with van der Waals surface area (Å²) in [5.74, 6) is 0. The van der Waals surface area contributed by atoms with Gasteiger partial charge in [0.2, 0.25) is 0 Å². The Hall–Kier alpha value is -0.120. The van der Waals surface area contributed by atoms with E-state index >= 15 is 0 Å². The molecule has 6 heavy (non-hydrogen) atoms. The van der Waals surface area contributed by atoms with Crippen molar-refractivity contribution in [2.75, 3.05) is 20.1 Å². The molecule has 0 aromatic carbocycles. The summed E-state index contributed by atoms with van der Waals surface area (Å²) in [4.78, 5) is 0. The zero-order valence-electron chi connectivity index (χ0n) is 3.72. The first kappa shape index (κ1) is 4.05. The lowest BCUT2D eigenvalue weighted by molar-refractivity contribution is 0.202. The third-order valence-electron chi connectivity index (χ3n) is 0.822. The van der Waals surface area contributed by atoms with Gasteiger partial charge in [-0.25, -0.2) is 0 Å². The number of hydrogen-bond acceptors (Lipinski definition) is 3. The third kappa shape index (κ3) is 0.680. The average Bonchev–Trinajstić information content (AvgIpc) is 2.06. The van der Waals surface area contributed by atoms with E-state index in [4.69, 9.17) is 0 Å².